The van der Waals surface area contributed by atoms with Gasteiger partial charge in [0.1, 0.15) is 23.2 Å². The number of ether oxygens (including phenoxy) is 1. The zero-order valence-electron chi connectivity index (χ0n) is 17.1. The third-order valence-corrected chi connectivity index (χ3v) is 5.49. The minimum Gasteiger partial charge on any atom is -0.465 e. The van der Waals surface area contributed by atoms with Gasteiger partial charge in [0.2, 0.25) is 5.78 Å². The number of fused-ring (bicyclic) bond motifs is 1. The van der Waals surface area contributed by atoms with Crippen LogP contribution < -0.4 is 5.69 Å². The number of nitrogens with one attached hydrogen (secondary N) is 1. The Bertz CT molecular complexity index is 1440. The number of nitrogens with zero attached hydrogens (tertiary/aromatic N) is 4. The maximum atomic E-state index is 13.2. The minimum atomic E-state index is -0.656. The van der Waals surface area contributed by atoms with Gasteiger partial charge < -0.3 is 9.72 Å². The molecule has 0 saturated heterocycles. The average Bonchev–Trinajstić information content (AvgIpc) is 3.29. The zero-order valence-corrected chi connectivity index (χ0v) is 19.4. The topological polar surface area (TPSA) is 112 Å². The van der Waals surface area contributed by atoms with Gasteiger partial charge >= 0.3 is 11.7 Å². The Hall–Kier alpha value is -3.14. The highest BCUT2D eigenvalue weighted by molar-refractivity contribution is 6.37. The molecular formula is C21H16Cl3N5O4. The Kier molecular flexibility index (Phi) is 6.55. The fourth-order valence-corrected chi connectivity index (χ4v) is 3.92. The maximum absolute atomic E-state index is 13.2. The second kappa shape index (κ2) is 9.38. The van der Waals surface area contributed by atoms with Crippen LogP contribution in [0.15, 0.2) is 41.3 Å². The van der Waals surface area contributed by atoms with Gasteiger partial charge in [-0.15, -0.1) is 0 Å². The number of carbonyl (C=O) groups excluding carboxylic acids is 2. The molecule has 12 heteroatoms. The molecule has 1 N–H and O–H groups in total. The molecule has 0 amide bonds. The van der Waals surface area contributed by atoms with Crippen molar-refractivity contribution in [1.29, 1.82) is 0 Å². The van der Waals surface area contributed by atoms with Crippen molar-refractivity contribution in [3.05, 3.63) is 79.3 Å². The molecule has 0 bridgehead atoms. The van der Waals surface area contributed by atoms with E-state index in [2.05, 4.69) is 15.0 Å². The third kappa shape index (κ3) is 4.80. The first kappa shape index (κ1) is 23.0. The van der Waals surface area contributed by atoms with Crippen molar-refractivity contribution < 1.29 is 14.3 Å². The van der Waals surface area contributed by atoms with E-state index in [9.17, 15) is 14.4 Å². The van der Waals surface area contributed by atoms with Crippen LogP contribution in [0.5, 0.6) is 0 Å². The SMILES string of the molecule is CCOC(=O)Cn1c(C(=O)c2ccc(Cl)cc2Cl)cn(Cc2nc3nc(Cl)ccc3[nH]2)c1=O. The molecule has 0 atom stereocenters. The Morgan fingerprint density at radius 1 is 1.12 bits per heavy atom. The highest BCUT2D eigenvalue weighted by Gasteiger charge is 2.23. The number of H-pyrrole nitrogens is 1. The van der Waals surface area contributed by atoms with Crippen molar-refractivity contribution in [2.75, 3.05) is 6.61 Å². The van der Waals surface area contributed by atoms with Gasteiger partial charge in [-0.2, -0.15) is 0 Å². The van der Waals surface area contributed by atoms with Crippen LogP contribution in [0.1, 0.15) is 28.8 Å². The molecule has 0 aliphatic rings. The van der Waals surface area contributed by atoms with Gasteiger partial charge in [0, 0.05) is 16.8 Å². The summed E-state index contributed by atoms with van der Waals surface area (Å²) in [7, 11) is 0. The predicted octanol–water partition coefficient (Wildman–Crippen LogP) is 3.72. The van der Waals surface area contributed by atoms with Gasteiger partial charge in [0.25, 0.3) is 0 Å². The largest absolute Gasteiger partial charge is 0.465 e. The summed E-state index contributed by atoms with van der Waals surface area (Å²) in [5.41, 5.74) is 0.536. The van der Waals surface area contributed by atoms with Crippen molar-refractivity contribution in [2.24, 2.45) is 0 Å². The van der Waals surface area contributed by atoms with E-state index in [0.717, 1.165) is 4.57 Å². The molecule has 0 aliphatic heterocycles. The number of imidazole rings is 2. The Morgan fingerprint density at radius 2 is 1.91 bits per heavy atom. The summed E-state index contributed by atoms with van der Waals surface area (Å²) in [5.74, 6) is -0.787. The first-order valence-electron chi connectivity index (χ1n) is 9.73. The summed E-state index contributed by atoms with van der Waals surface area (Å²) in [5, 5.41) is 0.762. The van der Waals surface area contributed by atoms with Gasteiger partial charge in [-0.3, -0.25) is 18.7 Å². The van der Waals surface area contributed by atoms with Gasteiger partial charge in [-0.05, 0) is 37.3 Å². The van der Waals surface area contributed by atoms with E-state index < -0.39 is 24.0 Å². The number of esters is 1. The van der Waals surface area contributed by atoms with Gasteiger partial charge in [0.15, 0.2) is 5.65 Å². The molecule has 3 heterocycles. The quantitative estimate of drug-likeness (QED) is 0.231. The summed E-state index contributed by atoms with van der Waals surface area (Å²) >= 11 is 18.0. The smallest absolute Gasteiger partial charge is 0.329 e. The summed E-state index contributed by atoms with van der Waals surface area (Å²) in [6.45, 7) is 1.34. The number of pyridine rings is 1. The van der Waals surface area contributed by atoms with Crippen molar-refractivity contribution in [2.45, 2.75) is 20.0 Å². The van der Waals surface area contributed by atoms with E-state index in [1.165, 1.54) is 29.0 Å². The molecule has 170 valence electrons. The van der Waals surface area contributed by atoms with E-state index in [-0.39, 0.29) is 34.6 Å². The number of aromatic nitrogens is 5. The van der Waals surface area contributed by atoms with Crippen molar-refractivity contribution in [1.82, 2.24) is 24.1 Å². The number of carbonyl (C=O) groups is 2. The number of benzene rings is 1. The van der Waals surface area contributed by atoms with Crippen LogP contribution in [0, 0.1) is 0 Å². The minimum absolute atomic E-state index is 0.00271. The second-order valence-electron chi connectivity index (χ2n) is 6.96. The molecule has 0 radical (unpaired) electrons. The first-order chi connectivity index (χ1) is 15.8. The monoisotopic (exact) mass is 507 g/mol. The fourth-order valence-electron chi connectivity index (χ4n) is 3.28. The van der Waals surface area contributed by atoms with Crippen molar-refractivity contribution in [3.63, 3.8) is 0 Å². The number of hydrogen-bond donors (Lipinski definition) is 1. The number of hydrogen-bond acceptors (Lipinski definition) is 6. The van der Waals surface area contributed by atoms with Gasteiger partial charge in [0.05, 0.1) is 23.7 Å². The fraction of sp³-hybridized carbons (Fsp3) is 0.190. The Morgan fingerprint density at radius 3 is 2.64 bits per heavy atom. The Labute approximate surface area is 201 Å². The van der Waals surface area contributed by atoms with E-state index >= 15 is 0 Å². The molecule has 3 aromatic heterocycles. The molecule has 0 aliphatic carbocycles. The van der Waals surface area contributed by atoms with E-state index in [4.69, 9.17) is 39.5 Å². The number of rotatable bonds is 7. The van der Waals surface area contributed by atoms with Crippen LogP contribution in [0.25, 0.3) is 11.2 Å². The molecule has 0 spiro atoms. The predicted molar refractivity (Wildman–Crippen MR) is 123 cm³/mol. The molecule has 9 nitrogen and oxygen atoms in total. The zero-order chi connectivity index (χ0) is 23.7. The summed E-state index contributed by atoms with van der Waals surface area (Å²) in [4.78, 5) is 50.0. The lowest BCUT2D eigenvalue weighted by Gasteiger charge is -2.07. The molecule has 1 aromatic carbocycles. The highest BCUT2D eigenvalue weighted by atomic mass is 35.5. The van der Waals surface area contributed by atoms with Crippen molar-refractivity contribution in [3.8, 4) is 0 Å². The van der Waals surface area contributed by atoms with Crippen LogP contribution in [0.2, 0.25) is 15.2 Å². The molecular weight excluding hydrogens is 493 g/mol. The number of ketones is 1. The third-order valence-electron chi connectivity index (χ3n) is 4.73. The van der Waals surface area contributed by atoms with Crippen LogP contribution in [-0.4, -0.2) is 42.4 Å². The molecule has 4 rings (SSSR count). The highest BCUT2D eigenvalue weighted by Crippen LogP contribution is 2.23. The summed E-state index contributed by atoms with van der Waals surface area (Å²) < 4.78 is 7.26. The lowest BCUT2D eigenvalue weighted by atomic mass is 10.1. The van der Waals surface area contributed by atoms with Crippen LogP contribution in [0.3, 0.4) is 0 Å². The lowest BCUT2D eigenvalue weighted by Crippen LogP contribution is -2.30. The standard InChI is InChI=1S/C21H16Cl3N5O4/c1-2-33-18(30)10-29-15(19(31)12-4-3-11(22)7-13(12)23)8-28(21(29)32)9-17-25-14-5-6-16(24)26-20(14)27-17/h3-8H,2,9-10H2,1H3,(H,25,26,27). The van der Waals surface area contributed by atoms with E-state index in [1.54, 1.807) is 19.1 Å². The second-order valence-corrected chi connectivity index (χ2v) is 8.19. The number of aromatic amines is 1. The van der Waals surface area contributed by atoms with Gasteiger partial charge in [-0.25, -0.2) is 14.8 Å². The molecule has 33 heavy (non-hydrogen) atoms. The average molecular weight is 509 g/mol. The lowest BCUT2D eigenvalue weighted by molar-refractivity contribution is -0.143. The van der Waals surface area contributed by atoms with Crippen LogP contribution >= 0.6 is 34.8 Å². The summed E-state index contributed by atoms with van der Waals surface area (Å²) in [6.07, 6.45) is 1.35. The summed E-state index contributed by atoms with van der Waals surface area (Å²) in [6, 6.07) is 7.72. The maximum Gasteiger partial charge on any atom is 0.329 e. The normalized spacial score (nSPS) is 11.2. The van der Waals surface area contributed by atoms with Crippen LogP contribution in [0.4, 0.5) is 0 Å². The number of halogens is 3. The molecule has 4 aromatic rings. The molecule has 0 fully saturated rings. The first-order valence-corrected chi connectivity index (χ1v) is 10.9. The van der Waals surface area contributed by atoms with Gasteiger partial charge in [-0.1, -0.05) is 34.8 Å². The Balaban J connectivity index is 1.76. The molecule has 0 unspecified atom stereocenters. The van der Waals surface area contributed by atoms with E-state index in [0.29, 0.717) is 22.0 Å². The van der Waals surface area contributed by atoms with Crippen molar-refractivity contribution >= 4 is 57.7 Å². The van der Waals surface area contributed by atoms with Crippen LogP contribution in [-0.2, 0) is 22.6 Å². The van der Waals surface area contributed by atoms with E-state index in [1.807, 2.05) is 0 Å². The molecule has 0 saturated carbocycles.